The standard InChI is InChI=1S/C19H23N3O3/c1-14-13-15(6-7-16(14)20(2)3)18(23)21-8-10-22(11-9-21)19(24)17-5-4-12-25-17/h4-7,12-13H,8-11H2,1-3H3. The number of hydrogen-bond donors (Lipinski definition) is 0. The van der Waals surface area contributed by atoms with Gasteiger partial charge in [0.1, 0.15) is 0 Å². The highest BCUT2D eigenvalue weighted by atomic mass is 16.3. The highest BCUT2D eigenvalue weighted by Crippen LogP contribution is 2.20. The topological polar surface area (TPSA) is 57.0 Å². The van der Waals surface area contributed by atoms with Crippen LogP contribution in [0.15, 0.2) is 41.0 Å². The molecule has 132 valence electrons. The predicted octanol–water partition coefficient (Wildman–Crippen LogP) is 2.25. The quantitative estimate of drug-likeness (QED) is 0.859. The third kappa shape index (κ3) is 3.52. The van der Waals surface area contributed by atoms with Crippen LogP contribution in [0.3, 0.4) is 0 Å². The second-order valence-electron chi connectivity index (χ2n) is 6.46. The van der Waals surface area contributed by atoms with Gasteiger partial charge < -0.3 is 19.1 Å². The Morgan fingerprint density at radius 3 is 2.16 bits per heavy atom. The van der Waals surface area contributed by atoms with E-state index < -0.39 is 0 Å². The first-order valence-corrected chi connectivity index (χ1v) is 8.37. The minimum atomic E-state index is -0.122. The molecule has 6 nitrogen and oxygen atoms in total. The fourth-order valence-electron chi connectivity index (χ4n) is 3.14. The number of benzene rings is 1. The van der Waals surface area contributed by atoms with Crippen LogP contribution in [0, 0.1) is 6.92 Å². The minimum absolute atomic E-state index is 0.0125. The van der Waals surface area contributed by atoms with Crippen molar-refractivity contribution in [3.05, 3.63) is 53.5 Å². The summed E-state index contributed by atoms with van der Waals surface area (Å²) in [6.45, 7) is 4.09. The molecule has 0 atom stereocenters. The maximum absolute atomic E-state index is 12.7. The lowest BCUT2D eigenvalue weighted by Gasteiger charge is -2.34. The normalized spacial score (nSPS) is 14.5. The molecule has 0 radical (unpaired) electrons. The Morgan fingerprint density at radius 2 is 1.64 bits per heavy atom. The largest absolute Gasteiger partial charge is 0.459 e. The molecule has 2 aromatic rings. The van der Waals surface area contributed by atoms with Gasteiger partial charge in [-0.05, 0) is 42.8 Å². The van der Waals surface area contributed by atoms with Crippen molar-refractivity contribution in [2.45, 2.75) is 6.92 Å². The van der Waals surface area contributed by atoms with E-state index in [1.165, 1.54) is 6.26 Å². The molecule has 2 amide bonds. The molecule has 3 rings (SSSR count). The van der Waals surface area contributed by atoms with Crippen molar-refractivity contribution >= 4 is 17.5 Å². The summed E-state index contributed by atoms with van der Waals surface area (Å²) in [7, 11) is 3.97. The van der Waals surface area contributed by atoms with Crippen molar-refractivity contribution in [2.75, 3.05) is 45.2 Å². The van der Waals surface area contributed by atoms with Crippen LogP contribution in [0.25, 0.3) is 0 Å². The molecule has 1 aliphatic rings. The third-order valence-corrected chi connectivity index (χ3v) is 4.51. The molecule has 0 bridgehead atoms. The number of carbonyl (C=O) groups is 2. The smallest absolute Gasteiger partial charge is 0.289 e. The first-order chi connectivity index (χ1) is 12.0. The molecule has 0 spiro atoms. The molecule has 1 saturated heterocycles. The Bertz CT molecular complexity index is 760. The van der Waals surface area contributed by atoms with E-state index in [4.69, 9.17) is 4.42 Å². The SMILES string of the molecule is Cc1cc(C(=O)N2CCN(C(=O)c3ccco3)CC2)ccc1N(C)C. The van der Waals surface area contributed by atoms with E-state index in [0.29, 0.717) is 37.5 Å². The van der Waals surface area contributed by atoms with E-state index >= 15 is 0 Å². The third-order valence-electron chi connectivity index (χ3n) is 4.51. The number of rotatable bonds is 3. The van der Waals surface area contributed by atoms with Gasteiger partial charge in [0.2, 0.25) is 0 Å². The van der Waals surface area contributed by atoms with Gasteiger partial charge in [-0.3, -0.25) is 9.59 Å². The Morgan fingerprint density at radius 1 is 1.00 bits per heavy atom. The van der Waals surface area contributed by atoms with Crippen molar-refractivity contribution in [1.82, 2.24) is 9.80 Å². The zero-order valence-corrected chi connectivity index (χ0v) is 14.9. The van der Waals surface area contributed by atoms with Crippen LogP contribution >= 0.6 is 0 Å². The summed E-state index contributed by atoms with van der Waals surface area (Å²) in [6.07, 6.45) is 1.49. The van der Waals surface area contributed by atoms with E-state index in [1.807, 2.05) is 44.1 Å². The molecule has 2 heterocycles. The van der Waals surface area contributed by atoms with Gasteiger partial charge >= 0.3 is 0 Å². The summed E-state index contributed by atoms with van der Waals surface area (Å²) in [5, 5.41) is 0. The van der Waals surface area contributed by atoms with E-state index in [1.54, 1.807) is 21.9 Å². The zero-order valence-electron chi connectivity index (χ0n) is 14.9. The fourth-order valence-corrected chi connectivity index (χ4v) is 3.14. The van der Waals surface area contributed by atoms with E-state index in [0.717, 1.165) is 11.3 Å². The summed E-state index contributed by atoms with van der Waals surface area (Å²) in [5.41, 5.74) is 2.86. The summed E-state index contributed by atoms with van der Waals surface area (Å²) >= 11 is 0. The lowest BCUT2D eigenvalue weighted by molar-refractivity contribution is 0.0518. The summed E-state index contributed by atoms with van der Waals surface area (Å²) in [6, 6.07) is 9.13. The summed E-state index contributed by atoms with van der Waals surface area (Å²) in [5.74, 6) is 0.233. The molecule has 6 heteroatoms. The Balaban J connectivity index is 1.64. The Labute approximate surface area is 147 Å². The molecule has 25 heavy (non-hydrogen) atoms. The van der Waals surface area contributed by atoms with Gasteiger partial charge in [-0.15, -0.1) is 0 Å². The molecule has 1 aromatic carbocycles. The van der Waals surface area contributed by atoms with Crippen LogP contribution in [0.5, 0.6) is 0 Å². The van der Waals surface area contributed by atoms with Crippen LogP contribution in [-0.2, 0) is 0 Å². The highest BCUT2D eigenvalue weighted by Gasteiger charge is 2.26. The molecule has 1 aliphatic heterocycles. The first-order valence-electron chi connectivity index (χ1n) is 8.37. The number of anilines is 1. The predicted molar refractivity (Wildman–Crippen MR) is 96.0 cm³/mol. The number of amides is 2. The Kier molecular flexibility index (Phi) is 4.79. The molecular formula is C19H23N3O3. The first kappa shape index (κ1) is 17.1. The van der Waals surface area contributed by atoms with Crippen LogP contribution in [0.4, 0.5) is 5.69 Å². The molecule has 1 fully saturated rings. The number of aryl methyl sites for hydroxylation is 1. The van der Waals surface area contributed by atoms with Gasteiger partial charge in [0.15, 0.2) is 5.76 Å². The Hall–Kier alpha value is -2.76. The molecule has 0 N–H and O–H groups in total. The average Bonchev–Trinajstić information content (AvgIpc) is 3.15. The molecule has 0 unspecified atom stereocenters. The van der Waals surface area contributed by atoms with Gasteiger partial charge in [-0.1, -0.05) is 0 Å². The number of furan rings is 1. The van der Waals surface area contributed by atoms with Gasteiger partial charge in [0.25, 0.3) is 11.8 Å². The summed E-state index contributed by atoms with van der Waals surface area (Å²) in [4.78, 5) is 30.6. The second-order valence-corrected chi connectivity index (χ2v) is 6.46. The fraction of sp³-hybridized carbons (Fsp3) is 0.368. The van der Waals surface area contributed by atoms with Gasteiger partial charge in [0.05, 0.1) is 6.26 Å². The van der Waals surface area contributed by atoms with Gasteiger partial charge in [0, 0.05) is 51.5 Å². The van der Waals surface area contributed by atoms with Crippen LogP contribution in [0.2, 0.25) is 0 Å². The van der Waals surface area contributed by atoms with E-state index in [2.05, 4.69) is 0 Å². The zero-order chi connectivity index (χ0) is 18.0. The maximum Gasteiger partial charge on any atom is 0.289 e. The van der Waals surface area contributed by atoms with Gasteiger partial charge in [-0.2, -0.15) is 0 Å². The van der Waals surface area contributed by atoms with Crippen LogP contribution in [-0.4, -0.2) is 61.9 Å². The van der Waals surface area contributed by atoms with Crippen molar-refractivity contribution < 1.29 is 14.0 Å². The lowest BCUT2D eigenvalue weighted by atomic mass is 10.1. The molecule has 0 saturated carbocycles. The van der Waals surface area contributed by atoms with E-state index in [-0.39, 0.29) is 11.8 Å². The minimum Gasteiger partial charge on any atom is -0.459 e. The van der Waals surface area contributed by atoms with Crippen molar-refractivity contribution in [3.63, 3.8) is 0 Å². The van der Waals surface area contributed by atoms with Crippen LogP contribution < -0.4 is 4.90 Å². The summed E-state index contributed by atoms with van der Waals surface area (Å²) < 4.78 is 5.16. The number of piperazine rings is 1. The lowest BCUT2D eigenvalue weighted by Crippen LogP contribution is -2.50. The number of nitrogens with zero attached hydrogens (tertiary/aromatic N) is 3. The molecule has 1 aromatic heterocycles. The average molecular weight is 341 g/mol. The van der Waals surface area contributed by atoms with Crippen molar-refractivity contribution in [3.8, 4) is 0 Å². The monoisotopic (exact) mass is 341 g/mol. The number of hydrogen-bond acceptors (Lipinski definition) is 4. The van der Waals surface area contributed by atoms with Gasteiger partial charge in [-0.25, -0.2) is 0 Å². The second kappa shape index (κ2) is 7.01. The van der Waals surface area contributed by atoms with Crippen LogP contribution in [0.1, 0.15) is 26.5 Å². The maximum atomic E-state index is 12.7. The van der Waals surface area contributed by atoms with E-state index in [9.17, 15) is 9.59 Å². The molecule has 0 aliphatic carbocycles. The highest BCUT2D eigenvalue weighted by molar-refractivity contribution is 5.95. The van der Waals surface area contributed by atoms with Crippen molar-refractivity contribution in [2.24, 2.45) is 0 Å². The van der Waals surface area contributed by atoms with Crippen molar-refractivity contribution in [1.29, 1.82) is 0 Å². The number of carbonyl (C=O) groups excluding carboxylic acids is 2. The molecular weight excluding hydrogens is 318 g/mol.